The summed E-state index contributed by atoms with van der Waals surface area (Å²) in [7, 11) is 4.68. The predicted molar refractivity (Wildman–Crippen MR) is 133 cm³/mol. The number of anilines is 1. The molecule has 0 aliphatic carbocycles. The van der Waals surface area contributed by atoms with Crippen LogP contribution in [0.1, 0.15) is 9.67 Å². The minimum atomic E-state index is -0.675. The van der Waals surface area contributed by atoms with Gasteiger partial charge in [-0.1, -0.05) is 11.6 Å². The molecule has 2 aromatic heterocycles. The fraction of sp³-hybridized carbons (Fsp3) is 0.174. The van der Waals surface area contributed by atoms with E-state index in [2.05, 4.69) is 10.3 Å². The summed E-state index contributed by atoms with van der Waals surface area (Å²) in [6, 6.07) is 10.7. The van der Waals surface area contributed by atoms with Crippen molar-refractivity contribution in [2.75, 3.05) is 33.3 Å². The number of halogens is 1. The molecule has 34 heavy (non-hydrogen) atoms. The third-order valence-electron chi connectivity index (χ3n) is 4.79. The minimum absolute atomic E-state index is 0.225. The number of rotatable bonds is 8. The first kappa shape index (κ1) is 23.8. The topological polar surface area (TPSA) is 96.0 Å². The van der Waals surface area contributed by atoms with E-state index in [1.807, 2.05) is 6.07 Å². The molecule has 0 saturated carbocycles. The molecule has 0 saturated heterocycles. The van der Waals surface area contributed by atoms with Crippen LogP contribution in [-0.2, 0) is 9.53 Å². The Hall–Kier alpha value is -3.34. The number of aromatic nitrogens is 1. The van der Waals surface area contributed by atoms with Gasteiger partial charge >= 0.3 is 5.97 Å². The van der Waals surface area contributed by atoms with Crippen LogP contribution in [0.2, 0.25) is 5.02 Å². The molecule has 0 fully saturated rings. The Morgan fingerprint density at radius 3 is 2.56 bits per heavy atom. The molecule has 2 aromatic carbocycles. The van der Waals surface area contributed by atoms with Crippen molar-refractivity contribution in [2.45, 2.75) is 0 Å². The second-order valence-corrected chi connectivity index (χ2v) is 9.13. The molecule has 4 aromatic rings. The lowest BCUT2D eigenvalue weighted by Crippen LogP contribution is -2.20. The summed E-state index contributed by atoms with van der Waals surface area (Å²) in [5, 5.41) is 5.81. The van der Waals surface area contributed by atoms with Gasteiger partial charge in [-0.2, -0.15) is 0 Å². The SMILES string of the molecule is COc1ccc2c(Cl)c(C(=O)OCC(=O)Nc3nc(-c4ccc(OC)c(OC)c4)cs3)sc2c1. The van der Waals surface area contributed by atoms with Gasteiger partial charge in [0.05, 0.1) is 32.0 Å². The van der Waals surface area contributed by atoms with Gasteiger partial charge in [-0.3, -0.25) is 10.1 Å². The lowest BCUT2D eigenvalue weighted by molar-refractivity contribution is -0.119. The Balaban J connectivity index is 1.38. The second-order valence-electron chi connectivity index (χ2n) is 6.84. The largest absolute Gasteiger partial charge is 0.497 e. The Morgan fingerprint density at radius 1 is 1.03 bits per heavy atom. The third kappa shape index (κ3) is 4.93. The van der Waals surface area contributed by atoms with E-state index in [1.165, 1.54) is 22.7 Å². The molecule has 2 heterocycles. The summed E-state index contributed by atoms with van der Waals surface area (Å²) >= 11 is 8.76. The molecular weight excluding hydrogens is 500 g/mol. The molecule has 0 aliphatic heterocycles. The molecule has 0 atom stereocenters. The first-order valence-electron chi connectivity index (χ1n) is 9.84. The maximum atomic E-state index is 12.5. The van der Waals surface area contributed by atoms with Gasteiger partial charge in [-0.05, 0) is 36.4 Å². The van der Waals surface area contributed by atoms with E-state index >= 15 is 0 Å². The van der Waals surface area contributed by atoms with Crippen molar-refractivity contribution >= 4 is 61.4 Å². The van der Waals surface area contributed by atoms with Crippen LogP contribution >= 0.6 is 34.3 Å². The lowest BCUT2D eigenvalue weighted by Gasteiger charge is -2.08. The van der Waals surface area contributed by atoms with Crippen LogP contribution in [0.4, 0.5) is 5.13 Å². The number of thiophene rings is 1. The Morgan fingerprint density at radius 2 is 1.82 bits per heavy atom. The van der Waals surface area contributed by atoms with Gasteiger partial charge in [0.25, 0.3) is 5.91 Å². The van der Waals surface area contributed by atoms with E-state index in [0.29, 0.717) is 33.5 Å². The highest BCUT2D eigenvalue weighted by Gasteiger charge is 2.20. The fourth-order valence-electron chi connectivity index (χ4n) is 3.12. The molecule has 11 heteroatoms. The molecule has 176 valence electrons. The molecule has 8 nitrogen and oxygen atoms in total. The number of carbonyl (C=O) groups excluding carboxylic acids is 2. The number of fused-ring (bicyclic) bond motifs is 1. The van der Waals surface area contributed by atoms with Crippen LogP contribution in [0.3, 0.4) is 0 Å². The molecule has 0 bridgehead atoms. The zero-order chi connectivity index (χ0) is 24.2. The van der Waals surface area contributed by atoms with Gasteiger partial charge in [0.2, 0.25) is 0 Å². The van der Waals surface area contributed by atoms with E-state index in [-0.39, 0.29) is 9.90 Å². The number of hydrogen-bond donors (Lipinski definition) is 1. The quantitative estimate of drug-likeness (QED) is 0.308. The zero-order valence-electron chi connectivity index (χ0n) is 18.3. The van der Waals surface area contributed by atoms with E-state index in [0.717, 1.165) is 10.3 Å². The maximum Gasteiger partial charge on any atom is 0.350 e. The number of nitrogens with one attached hydrogen (secondary N) is 1. The van der Waals surface area contributed by atoms with Crippen LogP contribution in [0.15, 0.2) is 41.8 Å². The van der Waals surface area contributed by atoms with Crippen molar-refractivity contribution in [1.82, 2.24) is 4.98 Å². The Kier molecular flexibility index (Phi) is 7.20. The molecule has 0 unspecified atom stereocenters. The van der Waals surface area contributed by atoms with Crippen molar-refractivity contribution in [2.24, 2.45) is 0 Å². The van der Waals surface area contributed by atoms with E-state index < -0.39 is 18.5 Å². The normalized spacial score (nSPS) is 10.7. The Labute approximate surface area is 208 Å². The maximum absolute atomic E-state index is 12.5. The first-order chi connectivity index (χ1) is 16.4. The van der Waals surface area contributed by atoms with Crippen LogP contribution in [0.25, 0.3) is 21.3 Å². The number of hydrogen-bond acceptors (Lipinski definition) is 9. The summed E-state index contributed by atoms with van der Waals surface area (Å²) in [5.41, 5.74) is 1.46. The molecule has 4 rings (SSSR count). The summed E-state index contributed by atoms with van der Waals surface area (Å²) in [4.78, 5) is 29.5. The molecule has 0 spiro atoms. The fourth-order valence-corrected chi connectivity index (χ4v) is 5.28. The summed E-state index contributed by atoms with van der Waals surface area (Å²) in [6.45, 7) is -0.474. The van der Waals surface area contributed by atoms with Crippen LogP contribution in [-0.4, -0.2) is 44.8 Å². The number of carbonyl (C=O) groups is 2. The monoisotopic (exact) mass is 518 g/mol. The van der Waals surface area contributed by atoms with Gasteiger partial charge in [-0.25, -0.2) is 9.78 Å². The number of esters is 1. The molecule has 0 aliphatic rings. The summed E-state index contributed by atoms with van der Waals surface area (Å²) < 4.78 is 21.7. The summed E-state index contributed by atoms with van der Waals surface area (Å²) in [6.07, 6.45) is 0. The van der Waals surface area contributed by atoms with Crippen molar-refractivity contribution in [3.63, 3.8) is 0 Å². The second kappa shape index (κ2) is 10.3. The van der Waals surface area contributed by atoms with Gasteiger partial charge in [-0.15, -0.1) is 22.7 Å². The highest BCUT2D eigenvalue weighted by Crippen LogP contribution is 2.38. The van der Waals surface area contributed by atoms with Gasteiger partial charge in [0.15, 0.2) is 23.2 Å². The number of nitrogens with zero attached hydrogens (tertiary/aromatic N) is 1. The van der Waals surface area contributed by atoms with Gasteiger partial charge in [0, 0.05) is 21.0 Å². The van der Waals surface area contributed by atoms with Gasteiger partial charge in [0.1, 0.15) is 10.6 Å². The standard InChI is InChI=1S/C23H19ClN2O6S2/c1-29-13-5-6-14-18(9-13)34-21(20(14)24)22(28)32-10-19(27)26-23-25-15(11-33-23)12-4-7-16(30-2)17(8-12)31-3/h4-9,11H,10H2,1-3H3,(H,25,26,27). The highest BCUT2D eigenvalue weighted by molar-refractivity contribution is 7.21. The van der Waals surface area contributed by atoms with E-state index in [9.17, 15) is 9.59 Å². The lowest BCUT2D eigenvalue weighted by atomic mass is 10.1. The average Bonchev–Trinajstić information content (AvgIpc) is 3.46. The third-order valence-corrected chi connectivity index (χ3v) is 7.18. The van der Waals surface area contributed by atoms with Crippen molar-refractivity contribution in [3.8, 4) is 28.5 Å². The van der Waals surface area contributed by atoms with Crippen molar-refractivity contribution < 1.29 is 28.5 Å². The van der Waals surface area contributed by atoms with E-state index in [1.54, 1.807) is 57.0 Å². The zero-order valence-corrected chi connectivity index (χ0v) is 20.7. The molecule has 1 amide bonds. The number of thiazole rings is 1. The van der Waals surface area contributed by atoms with Crippen LogP contribution in [0, 0.1) is 0 Å². The van der Waals surface area contributed by atoms with Gasteiger partial charge < -0.3 is 18.9 Å². The highest BCUT2D eigenvalue weighted by atomic mass is 35.5. The van der Waals surface area contributed by atoms with Crippen molar-refractivity contribution in [1.29, 1.82) is 0 Å². The number of benzene rings is 2. The number of ether oxygens (including phenoxy) is 4. The molecule has 1 N–H and O–H groups in total. The average molecular weight is 519 g/mol. The first-order valence-corrected chi connectivity index (χ1v) is 11.9. The van der Waals surface area contributed by atoms with Crippen LogP contribution < -0.4 is 19.5 Å². The Bertz CT molecular complexity index is 1370. The predicted octanol–water partition coefficient (Wildman–Crippen LogP) is 5.50. The summed E-state index contributed by atoms with van der Waals surface area (Å²) in [5.74, 6) is 0.644. The number of methoxy groups -OCH3 is 3. The van der Waals surface area contributed by atoms with E-state index in [4.69, 9.17) is 30.5 Å². The molecule has 0 radical (unpaired) electrons. The molecular formula is C23H19ClN2O6S2. The van der Waals surface area contributed by atoms with Crippen LogP contribution in [0.5, 0.6) is 17.2 Å². The van der Waals surface area contributed by atoms with Crippen molar-refractivity contribution in [3.05, 3.63) is 51.7 Å². The number of amides is 1. The minimum Gasteiger partial charge on any atom is -0.497 e. The smallest absolute Gasteiger partial charge is 0.350 e.